The highest BCUT2D eigenvalue weighted by Crippen LogP contribution is 2.72. The number of hydrogen-bond donors (Lipinski definition) is 5. The van der Waals surface area contributed by atoms with Crippen molar-refractivity contribution < 1.29 is 33.8 Å². The van der Waals surface area contributed by atoms with Gasteiger partial charge in [0, 0.05) is 92.5 Å². The van der Waals surface area contributed by atoms with Crippen molar-refractivity contribution in [2.75, 3.05) is 62.6 Å². The summed E-state index contributed by atoms with van der Waals surface area (Å²) in [4.78, 5) is 95.4. The van der Waals surface area contributed by atoms with Gasteiger partial charge >= 0.3 is 0 Å². The predicted molar refractivity (Wildman–Crippen MR) is 389 cm³/mol. The van der Waals surface area contributed by atoms with Crippen LogP contribution in [0.2, 0.25) is 0 Å². The molecule has 8 aliphatic rings. The zero-order chi connectivity index (χ0) is 70.0. The van der Waals surface area contributed by atoms with Gasteiger partial charge in [-0.05, 0) is 175 Å². The quantitative estimate of drug-likeness (QED) is 0.0448. The number of carbonyl (C=O) groups excluding carboxylic acids is 5. The van der Waals surface area contributed by atoms with E-state index in [4.69, 9.17) is 30.0 Å². The highest BCUT2D eigenvalue weighted by Gasteiger charge is 2.66. The van der Waals surface area contributed by atoms with Crippen LogP contribution in [0.4, 0.5) is 22.6 Å². The van der Waals surface area contributed by atoms with Gasteiger partial charge in [0.05, 0.1) is 56.8 Å². The molecule has 5 aromatic heterocycles. The van der Waals surface area contributed by atoms with Crippen molar-refractivity contribution in [2.24, 2.45) is 21.7 Å². The number of nitrogens with zero attached hydrogens (tertiary/aromatic N) is 11. The molecule has 5 N–H and O–H groups in total. The number of carbonyl (C=O) groups is 5. The second-order valence-electron chi connectivity index (χ2n) is 32.0. The van der Waals surface area contributed by atoms with E-state index in [9.17, 15) is 24.3 Å². The molecule has 22 nitrogen and oxygen atoms in total. The molecule has 9 atom stereocenters. The van der Waals surface area contributed by atoms with Crippen molar-refractivity contribution >= 4 is 85.0 Å². The summed E-state index contributed by atoms with van der Waals surface area (Å²) in [6, 6.07) is 17.1. The SMILES string of the molecule is Cc1ncsc1-c1ccc([C@H](C)NC(=O)[C@@H]2C[C@@H](O)CN2C(=O)[C@@H](NC(=O)CCC(=O)N2CCC[C@@H](NC(=O)c3nc(N4CCCc5c4nnc(Nc4nc6ccccc6s4)c5C)ccc3-c3cnn(C[C@@]45CC6(OCCN7CCCC7)C[C@@](C)(C[C@@](C)(C6)C4)C5)c3C)C2)C(C)(C)C)cc1. The van der Waals surface area contributed by atoms with Crippen LogP contribution < -0.4 is 26.2 Å². The van der Waals surface area contributed by atoms with Crippen LogP contribution in [0, 0.1) is 42.4 Å². The van der Waals surface area contributed by atoms with Crippen molar-refractivity contribution in [2.45, 2.75) is 201 Å². The number of aryl methyl sites for hydroxylation is 1. The van der Waals surface area contributed by atoms with Crippen LogP contribution in [0.3, 0.4) is 0 Å². The Balaban J connectivity index is 0.666. The molecule has 2 aromatic carbocycles. The normalized spacial score (nSPS) is 25.7. The Morgan fingerprint density at radius 1 is 0.820 bits per heavy atom. The number of para-hydroxylation sites is 1. The topological polar surface area (TPSA) is 258 Å². The first-order valence-corrected chi connectivity index (χ1v) is 37.8. The summed E-state index contributed by atoms with van der Waals surface area (Å²) in [5.74, 6) is -0.117. The van der Waals surface area contributed by atoms with Crippen LogP contribution in [-0.4, -0.2) is 167 Å². The maximum absolute atomic E-state index is 15.4. The van der Waals surface area contributed by atoms with E-state index in [1.54, 1.807) is 27.6 Å². The van der Waals surface area contributed by atoms with Crippen LogP contribution in [0.5, 0.6) is 0 Å². The molecule has 7 aromatic rings. The Hall–Kier alpha value is -7.77. The summed E-state index contributed by atoms with van der Waals surface area (Å²) < 4.78 is 10.4. The fourth-order valence-electron chi connectivity index (χ4n) is 18.9. The Kier molecular flexibility index (Phi) is 19.1. The maximum Gasteiger partial charge on any atom is 0.270 e. The molecule has 0 radical (unpaired) electrons. The number of piperidine rings is 1. The number of hydrogen-bond acceptors (Lipinski definition) is 18. The molecular weight excluding hydrogens is 1300 g/mol. The van der Waals surface area contributed by atoms with Crippen molar-refractivity contribution in [1.82, 2.24) is 65.6 Å². The number of amides is 5. The molecular formula is C76H97N15O7S2. The lowest BCUT2D eigenvalue weighted by atomic mass is 9.39. The van der Waals surface area contributed by atoms with E-state index in [2.05, 4.69) is 74.5 Å². The second-order valence-corrected chi connectivity index (χ2v) is 33.9. The fraction of sp³-hybridized carbons (Fsp3) is 0.566. The van der Waals surface area contributed by atoms with E-state index in [1.165, 1.54) is 24.2 Å². The summed E-state index contributed by atoms with van der Waals surface area (Å²) in [7, 11) is 0. The number of aliphatic hydroxyl groups is 1. The molecule has 1 unspecified atom stereocenters. The third-order valence-electron chi connectivity index (χ3n) is 22.6. The van der Waals surface area contributed by atoms with E-state index in [-0.39, 0.29) is 71.7 Å². The summed E-state index contributed by atoms with van der Waals surface area (Å²) >= 11 is 3.13. The number of likely N-dealkylation sites (tertiary alicyclic amines) is 3. The molecule has 5 amide bonds. The molecule has 4 saturated carbocycles. The number of anilines is 4. The van der Waals surface area contributed by atoms with Gasteiger partial charge in [-0.25, -0.2) is 15.0 Å². The van der Waals surface area contributed by atoms with E-state index < -0.39 is 53.4 Å². The molecule has 15 rings (SSSR count). The van der Waals surface area contributed by atoms with Gasteiger partial charge < -0.3 is 50.7 Å². The van der Waals surface area contributed by atoms with Crippen LogP contribution in [-0.2, 0) is 36.9 Å². The number of fused-ring (bicyclic) bond motifs is 2. The minimum absolute atomic E-state index is 0.00424. The molecule has 4 aliphatic heterocycles. The van der Waals surface area contributed by atoms with Crippen LogP contribution in [0.25, 0.3) is 31.8 Å². The van der Waals surface area contributed by atoms with Crippen molar-refractivity contribution in [1.29, 1.82) is 0 Å². The number of rotatable bonds is 21. The van der Waals surface area contributed by atoms with Gasteiger partial charge in [0.15, 0.2) is 16.8 Å². The van der Waals surface area contributed by atoms with E-state index in [0.717, 1.165) is 137 Å². The lowest BCUT2D eigenvalue weighted by Crippen LogP contribution is -2.64. The van der Waals surface area contributed by atoms with Crippen LogP contribution >= 0.6 is 22.7 Å². The molecule has 7 fully saturated rings. The molecule has 24 heteroatoms. The maximum atomic E-state index is 15.4. The zero-order valence-corrected chi connectivity index (χ0v) is 61.1. The van der Waals surface area contributed by atoms with Crippen LogP contribution in [0.15, 0.2) is 72.4 Å². The van der Waals surface area contributed by atoms with E-state index >= 15 is 4.79 Å². The Bertz CT molecular complexity index is 4200. The minimum atomic E-state index is -1.07. The number of thiazole rings is 2. The predicted octanol–water partition coefficient (Wildman–Crippen LogP) is 11.3. The van der Waals surface area contributed by atoms with Crippen molar-refractivity contribution in [3.05, 3.63) is 106 Å². The third-order valence-corrected chi connectivity index (χ3v) is 24.5. The molecule has 4 aliphatic carbocycles. The summed E-state index contributed by atoms with van der Waals surface area (Å²) in [6.07, 6.45) is 12.7. The minimum Gasteiger partial charge on any atom is -0.391 e. The lowest BCUT2D eigenvalue weighted by molar-refractivity contribution is -0.248. The van der Waals surface area contributed by atoms with Gasteiger partial charge in [-0.1, -0.05) is 82.4 Å². The first-order chi connectivity index (χ1) is 47.8. The number of nitrogens with one attached hydrogen (secondary N) is 4. The van der Waals surface area contributed by atoms with E-state index in [1.807, 2.05) is 101 Å². The van der Waals surface area contributed by atoms with Gasteiger partial charge in [-0.3, -0.25) is 28.7 Å². The largest absolute Gasteiger partial charge is 0.391 e. The van der Waals surface area contributed by atoms with Crippen molar-refractivity contribution in [3.8, 4) is 21.6 Å². The summed E-state index contributed by atoms with van der Waals surface area (Å²) in [6.45, 7) is 24.6. The number of aliphatic hydroxyl groups excluding tert-OH is 1. The average molecular weight is 1400 g/mol. The lowest BCUT2D eigenvalue weighted by Gasteiger charge is -2.69. The third kappa shape index (κ3) is 14.3. The Morgan fingerprint density at radius 3 is 2.33 bits per heavy atom. The molecule has 4 bridgehead atoms. The van der Waals surface area contributed by atoms with E-state index in [0.29, 0.717) is 48.9 Å². The van der Waals surface area contributed by atoms with Gasteiger partial charge in [0.25, 0.3) is 5.91 Å². The molecule has 530 valence electrons. The van der Waals surface area contributed by atoms with Gasteiger partial charge in [-0.2, -0.15) is 5.10 Å². The van der Waals surface area contributed by atoms with Crippen molar-refractivity contribution in [3.63, 3.8) is 0 Å². The molecule has 9 heterocycles. The summed E-state index contributed by atoms with van der Waals surface area (Å²) in [5, 5.41) is 39.2. The van der Waals surface area contributed by atoms with Gasteiger partial charge in [0.2, 0.25) is 23.6 Å². The van der Waals surface area contributed by atoms with Gasteiger partial charge in [-0.15, -0.1) is 21.5 Å². The average Bonchev–Trinajstić information content (AvgIpc) is 1.63. The monoisotopic (exact) mass is 1400 g/mol. The molecule has 0 spiro atoms. The number of aromatic nitrogens is 7. The number of pyridine rings is 1. The van der Waals surface area contributed by atoms with Gasteiger partial charge in [0.1, 0.15) is 23.6 Å². The van der Waals surface area contributed by atoms with Crippen LogP contribution in [0.1, 0.15) is 176 Å². The highest BCUT2D eigenvalue weighted by atomic mass is 32.1. The zero-order valence-electron chi connectivity index (χ0n) is 59.4. The Labute approximate surface area is 594 Å². The first kappa shape index (κ1) is 69.3. The smallest absolute Gasteiger partial charge is 0.270 e. The fourth-order valence-corrected chi connectivity index (χ4v) is 20.6. The first-order valence-electron chi connectivity index (χ1n) is 36.2. The number of ether oxygens (including phenoxy) is 1. The summed E-state index contributed by atoms with van der Waals surface area (Å²) in [5.41, 5.74) is 9.67. The number of β-amino-alcohol motifs (C(OH)–C–C–N with tert-alkyl or cyclic N) is 1. The standard InChI is InChI=1S/C76H97N15O7S2/c1-46-54-17-15-31-89(67(54)86-85-66(46)84-71-81-57-18-10-11-19-59(57)100-71)60-25-24-55(56-35-78-91(49(56)4)44-75-39-73(8)38-74(9,40-75)42-76(41-73,43-75)98-33-32-87-28-12-13-29-87)63(82-60)69(96)80-52-16-14-30-88(36-52)62(94)27-26-61(93)83-65(72(5,6)7)70(97)90-37-53(92)34-58(90)68(95)79-47(2)50-20-22-51(23-21-50)64-48(3)77-45-99-64/h10-11,18-25,35,45,47,52-53,58,65,92H,12-17,26-34,36-44H2,1-9H3,(H,79,95)(H,80,96)(H,83,93)(H,81,84,85)/t47-,52+,53+,58-,65+,73-,74+,75+,76?/m0/s1. The number of benzene rings is 2. The molecule has 3 saturated heterocycles. The highest BCUT2D eigenvalue weighted by molar-refractivity contribution is 7.22. The molecule has 100 heavy (non-hydrogen) atoms. The second kappa shape index (κ2) is 27.5. The Morgan fingerprint density at radius 2 is 1.59 bits per heavy atom.